The van der Waals surface area contributed by atoms with Gasteiger partial charge >= 0.3 is 17.9 Å². The molecule has 0 fully saturated rings. The Morgan fingerprint density at radius 1 is 0.286 bits per heavy atom. The lowest BCUT2D eigenvalue weighted by atomic mass is 10.1. The summed E-state index contributed by atoms with van der Waals surface area (Å²) < 4.78 is 16.8. The molecule has 1 unspecified atom stereocenters. The molecule has 0 aliphatic rings. The van der Waals surface area contributed by atoms with Crippen molar-refractivity contribution < 1.29 is 28.6 Å². The molecule has 1 atom stereocenters. The van der Waals surface area contributed by atoms with Gasteiger partial charge in [-0.15, -0.1) is 0 Å². The molecule has 0 bridgehead atoms. The van der Waals surface area contributed by atoms with Crippen molar-refractivity contribution >= 4 is 17.9 Å². The molecule has 70 heavy (non-hydrogen) atoms. The standard InChI is InChI=1S/C64H110O6/c1-4-7-10-13-16-19-22-25-28-31-34-36-39-42-45-48-51-54-57-63(66)69-60-61(70-64(67)58-55-52-49-46-43-40-37-33-30-27-24-21-18-15-12-9-6-3)59-68-62(65)56-53-50-47-44-41-38-35-32-29-26-23-20-17-14-11-8-5-2/h26-27,29-30,34-38,40,44,46-47,49,61H,4-25,28,31-33,39,41-43,45,48,50-60H2,1-3H3/b29-26-,30-27-,36-34-,38-35-,40-37-,47-44-,49-46-. The van der Waals surface area contributed by atoms with Crippen LogP contribution in [0.25, 0.3) is 0 Å². The molecule has 0 aliphatic carbocycles. The molecule has 0 radical (unpaired) electrons. The normalized spacial score (nSPS) is 12.7. The van der Waals surface area contributed by atoms with Crippen molar-refractivity contribution in [3.63, 3.8) is 0 Å². The van der Waals surface area contributed by atoms with Crippen LogP contribution in [0.2, 0.25) is 0 Å². The van der Waals surface area contributed by atoms with Crippen LogP contribution in [0.4, 0.5) is 0 Å². The number of allylic oxidation sites excluding steroid dienone is 14. The highest BCUT2D eigenvalue weighted by atomic mass is 16.6. The van der Waals surface area contributed by atoms with Crippen molar-refractivity contribution in [2.75, 3.05) is 13.2 Å². The van der Waals surface area contributed by atoms with Gasteiger partial charge in [-0.25, -0.2) is 0 Å². The van der Waals surface area contributed by atoms with E-state index in [9.17, 15) is 14.4 Å². The van der Waals surface area contributed by atoms with Gasteiger partial charge in [-0.2, -0.15) is 0 Å². The summed E-state index contributed by atoms with van der Waals surface area (Å²) in [5, 5.41) is 0. The van der Waals surface area contributed by atoms with Crippen LogP contribution in [0.15, 0.2) is 85.1 Å². The van der Waals surface area contributed by atoms with Crippen LogP contribution in [0.1, 0.15) is 284 Å². The topological polar surface area (TPSA) is 78.9 Å². The Balaban J connectivity index is 4.53. The maximum absolute atomic E-state index is 12.8. The first-order chi connectivity index (χ1) is 34.5. The number of esters is 3. The van der Waals surface area contributed by atoms with Crippen LogP contribution in [-0.4, -0.2) is 37.2 Å². The van der Waals surface area contributed by atoms with Gasteiger partial charge in [0, 0.05) is 19.3 Å². The molecule has 0 aromatic rings. The molecule has 0 aliphatic heterocycles. The molecular formula is C64H110O6. The van der Waals surface area contributed by atoms with Gasteiger partial charge in [0.2, 0.25) is 0 Å². The Morgan fingerprint density at radius 3 is 0.871 bits per heavy atom. The quantitative estimate of drug-likeness (QED) is 0.0261. The fourth-order valence-electron chi connectivity index (χ4n) is 8.12. The van der Waals surface area contributed by atoms with Crippen LogP contribution in [-0.2, 0) is 28.6 Å². The van der Waals surface area contributed by atoms with Gasteiger partial charge in [0.05, 0.1) is 0 Å². The van der Waals surface area contributed by atoms with E-state index < -0.39 is 6.10 Å². The largest absolute Gasteiger partial charge is 0.462 e. The molecule has 0 spiro atoms. The van der Waals surface area contributed by atoms with Crippen molar-refractivity contribution in [1.82, 2.24) is 0 Å². The second-order valence-electron chi connectivity index (χ2n) is 19.5. The molecule has 0 aromatic heterocycles. The molecule has 0 aromatic carbocycles. The zero-order chi connectivity index (χ0) is 50.7. The third kappa shape index (κ3) is 55.5. The molecule has 402 valence electrons. The maximum atomic E-state index is 12.8. The Kier molecular flexibility index (Phi) is 55.3. The Labute approximate surface area is 433 Å². The summed E-state index contributed by atoms with van der Waals surface area (Å²) in [6.45, 7) is 6.55. The molecule has 0 heterocycles. The van der Waals surface area contributed by atoms with Gasteiger partial charge in [-0.1, -0.05) is 241 Å². The number of hydrogen-bond acceptors (Lipinski definition) is 6. The number of carbonyl (C=O) groups is 3. The van der Waals surface area contributed by atoms with E-state index >= 15 is 0 Å². The minimum Gasteiger partial charge on any atom is -0.462 e. The van der Waals surface area contributed by atoms with Gasteiger partial charge in [0.15, 0.2) is 6.10 Å². The Hall–Kier alpha value is -3.41. The van der Waals surface area contributed by atoms with E-state index in [1.54, 1.807) is 0 Å². The molecule has 0 N–H and O–H groups in total. The van der Waals surface area contributed by atoms with Crippen LogP contribution < -0.4 is 0 Å². The fourth-order valence-corrected chi connectivity index (χ4v) is 8.12. The molecular weight excluding hydrogens is 865 g/mol. The van der Waals surface area contributed by atoms with Crippen LogP contribution in [0, 0.1) is 0 Å². The summed E-state index contributed by atoms with van der Waals surface area (Å²) in [5.41, 5.74) is 0. The summed E-state index contributed by atoms with van der Waals surface area (Å²) in [6.07, 6.45) is 75.9. The first kappa shape index (κ1) is 66.6. The highest BCUT2D eigenvalue weighted by Crippen LogP contribution is 2.14. The average Bonchev–Trinajstić information content (AvgIpc) is 3.36. The summed E-state index contributed by atoms with van der Waals surface area (Å²) in [5.74, 6) is -1.03. The molecule has 0 rings (SSSR count). The van der Waals surface area contributed by atoms with E-state index in [4.69, 9.17) is 14.2 Å². The highest BCUT2D eigenvalue weighted by molar-refractivity contribution is 5.71. The number of carbonyl (C=O) groups excluding carboxylic acids is 3. The third-order valence-electron chi connectivity index (χ3n) is 12.6. The van der Waals surface area contributed by atoms with Gasteiger partial charge in [0.1, 0.15) is 13.2 Å². The Bertz CT molecular complexity index is 1350. The predicted molar refractivity (Wildman–Crippen MR) is 302 cm³/mol. The summed E-state index contributed by atoms with van der Waals surface area (Å²) >= 11 is 0. The second kappa shape index (κ2) is 58.2. The zero-order valence-electron chi connectivity index (χ0n) is 46.0. The number of rotatable bonds is 53. The lowest BCUT2D eigenvalue weighted by Gasteiger charge is -2.18. The second-order valence-corrected chi connectivity index (χ2v) is 19.5. The molecule has 0 saturated carbocycles. The average molecular weight is 976 g/mol. The summed E-state index contributed by atoms with van der Waals surface area (Å²) in [4.78, 5) is 38.1. The maximum Gasteiger partial charge on any atom is 0.306 e. The van der Waals surface area contributed by atoms with E-state index in [1.807, 2.05) is 0 Å². The van der Waals surface area contributed by atoms with Crippen LogP contribution >= 0.6 is 0 Å². The third-order valence-corrected chi connectivity index (χ3v) is 12.6. The molecule has 6 nitrogen and oxygen atoms in total. The Morgan fingerprint density at radius 2 is 0.529 bits per heavy atom. The first-order valence-corrected chi connectivity index (χ1v) is 29.6. The van der Waals surface area contributed by atoms with Crippen LogP contribution in [0.3, 0.4) is 0 Å². The van der Waals surface area contributed by atoms with E-state index in [1.165, 1.54) is 161 Å². The summed E-state index contributed by atoms with van der Waals surface area (Å²) in [7, 11) is 0. The fraction of sp³-hybridized carbons (Fsp3) is 0.734. The van der Waals surface area contributed by atoms with E-state index in [0.717, 1.165) is 70.6 Å². The van der Waals surface area contributed by atoms with Gasteiger partial charge in [-0.05, 0) is 109 Å². The van der Waals surface area contributed by atoms with Crippen LogP contribution in [0.5, 0.6) is 0 Å². The smallest absolute Gasteiger partial charge is 0.306 e. The van der Waals surface area contributed by atoms with Gasteiger partial charge in [-0.3, -0.25) is 14.4 Å². The number of unbranched alkanes of at least 4 members (excludes halogenated alkanes) is 28. The van der Waals surface area contributed by atoms with Gasteiger partial charge < -0.3 is 14.2 Å². The summed E-state index contributed by atoms with van der Waals surface area (Å²) in [6, 6.07) is 0. The number of ether oxygens (including phenoxy) is 3. The molecule has 0 amide bonds. The van der Waals surface area contributed by atoms with E-state index in [-0.39, 0.29) is 44.0 Å². The van der Waals surface area contributed by atoms with E-state index in [2.05, 4.69) is 106 Å². The molecule has 0 saturated heterocycles. The van der Waals surface area contributed by atoms with Gasteiger partial charge in [0.25, 0.3) is 0 Å². The SMILES string of the molecule is CCCCCCCC/C=C\C/C=C\C/C=C\CCCC(=O)OCC(COC(=O)CCCCCCC/C=C\CCCCCCCCCCC)OC(=O)CCC/C=C\C/C=C\C/C=C\CCCCCCCC. The lowest BCUT2D eigenvalue weighted by Crippen LogP contribution is -2.30. The van der Waals surface area contributed by atoms with E-state index in [0.29, 0.717) is 19.3 Å². The predicted octanol–water partition coefficient (Wildman–Crippen LogP) is 19.9. The zero-order valence-corrected chi connectivity index (χ0v) is 46.0. The minimum atomic E-state index is -0.827. The van der Waals surface area contributed by atoms with Crippen molar-refractivity contribution in [3.05, 3.63) is 85.1 Å². The first-order valence-electron chi connectivity index (χ1n) is 29.6. The molecule has 6 heteroatoms. The monoisotopic (exact) mass is 975 g/mol. The number of hydrogen-bond donors (Lipinski definition) is 0. The minimum absolute atomic E-state index is 0.116. The van der Waals surface area contributed by atoms with Crippen molar-refractivity contribution in [3.8, 4) is 0 Å². The van der Waals surface area contributed by atoms with Crippen molar-refractivity contribution in [2.45, 2.75) is 290 Å². The van der Waals surface area contributed by atoms with Crippen molar-refractivity contribution in [2.24, 2.45) is 0 Å². The highest BCUT2D eigenvalue weighted by Gasteiger charge is 2.19. The lowest BCUT2D eigenvalue weighted by molar-refractivity contribution is -0.167. The van der Waals surface area contributed by atoms with Crippen molar-refractivity contribution in [1.29, 1.82) is 0 Å².